The van der Waals surface area contributed by atoms with Crippen LogP contribution in [-0.2, 0) is 5.60 Å². The number of anilines is 3. The first kappa shape index (κ1) is 26.1. The van der Waals surface area contributed by atoms with Crippen molar-refractivity contribution in [1.82, 2.24) is 9.88 Å². The van der Waals surface area contributed by atoms with Crippen LogP contribution in [0.3, 0.4) is 0 Å². The number of aliphatic imine (C=N–C) groups is 2. The molecule has 0 unspecified atom stereocenters. The summed E-state index contributed by atoms with van der Waals surface area (Å²) >= 11 is 0. The number of nitrogens with zero attached hydrogens (tertiary/aromatic N) is 6. The largest absolute Gasteiger partial charge is 0.384 e. The summed E-state index contributed by atoms with van der Waals surface area (Å²) in [6, 6.07) is 12.3. The van der Waals surface area contributed by atoms with Crippen LogP contribution in [0.2, 0.25) is 0 Å². The third-order valence-electron chi connectivity index (χ3n) is 7.39. The number of hydrogen-bond acceptors (Lipinski definition) is 6. The number of aryl methyl sites for hydroxylation is 1. The van der Waals surface area contributed by atoms with Crippen molar-refractivity contribution in [1.29, 1.82) is 0 Å². The number of amidine groups is 1. The number of nitrogens with one attached hydrogen (secondary N) is 1. The molecule has 8 nitrogen and oxygen atoms in total. The summed E-state index contributed by atoms with van der Waals surface area (Å²) in [4.78, 5) is 20.9. The summed E-state index contributed by atoms with van der Waals surface area (Å²) in [6.45, 7) is 9.99. The molecule has 2 fully saturated rings. The first-order valence-electron chi connectivity index (χ1n) is 13.5. The summed E-state index contributed by atoms with van der Waals surface area (Å²) in [5.41, 5.74) is 5.34. The van der Waals surface area contributed by atoms with Crippen molar-refractivity contribution in [3.05, 3.63) is 71.2 Å². The number of benzene rings is 1. The predicted octanol–water partition coefficient (Wildman–Crippen LogP) is 4.54. The summed E-state index contributed by atoms with van der Waals surface area (Å²) < 4.78 is 0. The zero-order chi connectivity index (χ0) is 26.9. The first-order valence-corrected chi connectivity index (χ1v) is 13.5. The number of pyridine rings is 1. The van der Waals surface area contributed by atoms with E-state index in [0.29, 0.717) is 11.6 Å². The van der Waals surface area contributed by atoms with Gasteiger partial charge in [-0.05, 0) is 88.5 Å². The topological polar surface area (TPSA) is 79.6 Å². The van der Waals surface area contributed by atoms with Crippen LogP contribution in [0.5, 0.6) is 0 Å². The second-order valence-electron chi connectivity index (χ2n) is 11.0. The van der Waals surface area contributed by atoms with E-state index in [1.807, 2.05) is 24.4 Å². The molecule has 2 N–H and O–H groups in total. The van der Waals surface area contributed by atoms with Gasteiger partial charge in [0.25, 0.3) is 0 Å². The average Bonchev–Trinajstić information content (AvgIpc) is 3.67. The molecular weight excluding hydrogens is 474 g/mol. The molecule has 2 aromatic rings. The third-order valence-corrected chi connectivity index (χ3v) is 7.39. The Bertz CT molecular complexity index is 1290. The Morgan fingerprint density at radius 3 is 2.53 bits per heavy atom. The van der Waals surface area contributed by atoms with Gasteiger partial charge in [0.15, 0.2) is 0 Å². The average molecular weight is 514 g/mol. The molecule has 1 saturated carbocycles. The van der Waals surface area contributed by atoms with Crippen LogP contribution in [0, 0.1) is 12.8 Å². The number of aliphatic hydroxyl groups is 1. The molecular formula is C30H39N7O. The Kier molecular flexibility index (Phi) is 7.36. The lowest BCUT2D eigenvalue weighted by molar-refractivity contribution is 0.0740. The minimum absolute atomic E-state index is 0.495. The number of aromatic nitrogens is 1. The molecule has 8 heteroatoms. The molecule has 0 spiro atoms. The highest BCUT2D eigenvalue weighted by molar-refractivity contribution is 6.16. The highest BCUT2D eigenvalue weighted by Crippen LogP contribution is 2.44. The summed E-state index contributed by atoms with van der Waals surface area (Å²) in [7, 11) is 3.98. The van der Waals surface area contributed by atoms with Gasteiger partial charge in [-0.3, -0.25) is 9.89 Å². The number of allylic oxidation sites excluding steroid dienone is 1. The number of piperazine rings is 1. The van der Waals surface area contributed by atoms with Gasteiger partial charge in [-0.2, -0.15) is 0 Å². The monoisotopic (exact) mass is 513 g/mol. The van der Waals surface area contributed by atoms with Crippen LogP contribution in [0.25, 0.3) is 0 Å². The van der Waals surface area contributed by atoms with Crippen molar-refractivity contribution in [2.75, 3.05) is 55.4 Å². The van der Waals surface area contributed by atoms with Gasteiger partial charge in [-0.1, -0.05) is 6.07 Å². The molecule has 3 heterocycles. The van der Waals surface area contributed by atoms with Crippen LogP contribution < -0.4 is 15.1 Å². The zero-order valence-electron chi connectivity index (χ0n) is 23.1. The highest BCUT2D eigenvalue weighted by Gasteiger charge is 2.38. The Morgan fingerprint density at radius 2 is 1.87 bits per heavy atom. The van der Waals surface area contributed by atoms with E-state index in [0.717, 1.165) is 61.9 Å². The van der Waals surface area contributed by atoms with Crippen molar-refractivity contribution < 1.29 is 5.11 Å². The molecule has 0 radical (unpaired) electrons. The molecule has 5 rings (SSSR count). The molecule has 2 aliphatic heterocycles. The Morgan fingerprint density at radius 1 is 1.11 bits per heavy atom. The van der Waals surface area contributed by atoms with Gasteiger partial charge in [0.2, 0.25) is 0 Å². The maximum Gasteiger partial charge on any atom is 0.142 e. The van der Waals surface area contributed by atoms with E-state index in [1.165, 1.54) is 16.9 Å². The van der Waals surface area contributed by atoms with E-state index >= 15 is 0 Å². The van der Waals surface area contributed by atoms with Crippen LogP contribution in [0.15, 0.2) is 69.9 Å². The van der Waals surface area contributed by atoms with Crippen LogP contribution in [-0.4, -0.2) is 67.4 Å². The van der Waals surface area contributed by atoms with Crippen LogP contribution in [0.4, 0.5) is 17.2 Å². The standard InChI is InChI=1S/C30H39N7O/c1-21-17-24(11-12-25(21)36-15-13-35(5)14-16-36)33-20-32-19-23-18-26(22-9-10-22)37(29(23)31-4)28-8-6-7-27(34-28)30(2,3)38/h6-8,11-12,17-20,22,38H,9-10,13-16H2,1-5H3,(H,32,33)/b23-19-,31-29+. The lowest BCUT2D eigenvalue weighted by atomic mass is 10.1. The van der Waals surface area contributed by atoms with Gasteiger partial charge in [0, 0.05) is 62.1 Å². The van der Waals surface area contributed by atoms with E-state index in [-0.39, 0.29) is 0 Å². The van der Waals surface area contributed by atoms with Gasteiger partial charge >= 0.3 is 0 Å². The normalized spacial score (nSPS) is 21.2. The smallest absolute Gasteiger partial charge is 0.142 e. The quantitative estimate of drug-likeness (QED) is 0.418. The molecule has 0 atom stereocenters. The molecule has 3 aliphatic rings. The van der Waals surface area contributed by atoms with Crippen molar-refractivity contribution in [2.45, 2.75) is 39.2 Å². The minimum atomic E-state index is -1.02. The molecule has 200 valence electrons. The first-order chi connectivity index (χ1) is 18.2. The molecule has 0 amide bonds. The summed E-state index contributed by atoms with van der Waals surface area (Å²) in [6.07, 6.45) is 8.07. The molecule has 0 bridgehead atoms. The molecule has 1 aromatic heterocycles. The highest BCUT2D eigenvalue weighted by atomic mass is 16.3. The van der Waals surface area contributed by atoms with Crippen molar-refractivity contribution in [3.63, 3.8) is 0 Å². The summed E-state index contributed by atoms with van der Waals surface area (Å²) in [5, 5.41) is 13.8. The van der Waals surface area contributed by atoms with E-state index in [2.05, 4.69) is 68.2 Å². The number of hydrogen-bond donors (Lipinski definition) is 2. The van der Waals surface area contributed by atoms with Crippen LogP contribution >= 0.6 is 0 Å². The minimum Gasteiger partial charge on any atom is -0.384 e. The second-order valence-corrected chi connectivity index (χ2v) is 11.0. The fourth-order valence-electron chi connectivity index (χ4n) is 5.05. The van der Waals surface area contributed by atoms with Gasteiger partial charge in [-0.25, -0.2) is 9.98 Å². The number of rotatable bonds is 7. The van der Waals surface area contributed by atoms with Crippen LogP contribution in [0.1, 0.15) is 37.9 Å². The van der Waals surface area contributed by atoms with E-state index in [4.69, 9.17) is 4.98 Å². The van der Waals surface area contributed by atoms with Gasteiger partial charge in [0.05, 0.1) is 12.0 Å². The predicted molar refractivity (Wildman–Crippen MR) is 157 cm³/mol. The second kappa shape index (κ2) is 10.7. The Hall–Kier alpha value is -3.49. The number of likely N-dealkylation sites (N-methyl/N-ethyl adjacent to an activating group) is 1. The summed E-state index contributed by atoms with van der Waals surface area (Å²) in [5.74, 6) is 2.08. The third kappa shape index (κ3) is 5.66. The van der Waals surface area contributed by atoms with Gasteiger partial charge in [-0.15, -0.1) is 0 Å². The Balaban J connectivity index is 1.31. The fourth-order valence-corrected chi connectivity index (χ4v) is 5.05. The molecule has 1 aromatic carbocycles. The van der Waals surface area contributed by atoms with E-state index in [9.17, 15) is 5.11 Å². The van der Waals surface area contributed by atoms with Crippen molar-refractivity contribution in [3.8, 4) is 0 Å². The lowest BCUT2D eigenvalue weighted by Gasteiger charge is -2.35. The van der Waals surface area contributed by atoms with Gasteiger partial charge < -0.3 is 20.2 Å². The fraction of sp³-hybridized carbons (Fsp3) is 0.433. The Labute approximate surface area is 226 Å². The van der Waals surface area contributed by atoms with Gasteiger partial charge in [0.1, 0.15) is 17.3 Å². The molecule has 38 heavy (non-hydrogen) atoms. The lowest BCUT2D eigenvalue weighted by Crippen LogP contribution is -2.44. The maximum atomic E-state index is 10.5. The maximum absolute atomic E-state index is 10.5. The van der Waals surface area contributed by atoms with E-state index in [1.54, 1.807) is 27.2 Å². The molecule has 1 saturated heterocycles. The zero-order valence-corrected chi connectivity index (χ0v) is 23.1. The van der Waals surface area contributed by atoms with Crippen molar-refractivity contribution >= 4 is 29.4 Å². The van der Waals surface area contributed by atoms with E-state index < -0.39 is 5.60 Å². The SMILES string of the molecule is C\N=C1/C(=C\N=C\Nc2ccc(N3CCN(C)CC3)c(C)c2)C=C(C2CC2)N1c1cccc(C(C)(C)O)n1. The molecule has 1 aliphatic carbocycles. The van der Waals surface area contributed by atoms with Crippen molar-refractivity contribution in [2.24, 2.45) is 15.9 Å².